The molecule has 0 atom stereocenters. The standard InChI is InChI=1S/C16H20N2O4/c1-3-21-9-10-22-16(19)14(11-17)15(20-2)18-12-13-7-5-4-6-8-13/h4-8,18H,3,9-10,12H2,1-2H3. The summed E-state index contributed by atoms with van der Waals surface area (Å²) in [6, 6.07) is 11.4. The molecule has 0 saturated carbocycles. The van der Waals surface area contributed by atoms with Gasteiger partial charge in [-0.2, -0.15) is 5.26 Å². The minimum absolute atomic E-state index is 0.0905. The van der Waals surface area contributed by atoms with Crippen molar-refractivity contribution in [1.82, 2.24) is 5.32 Å². The molecule has 0 radical (unpaired) electrons. The zero-order valence-electron chi connectivity index (χ0n) is 12.8. The number of carbonyl (C=O) groups excluding carboxylic acids is 1. The van der Waals surface area contributed by atoms with Crippen molar-refractivity contribution in [3.63, 3.8) is 0 Å². The molecule has 0 aromatic heterocycles. The summed E-state index contributed by atoms with van der Waals surface area (Å²) in [6.45, 7) is 3.20. The maximum atomic E-state index is 11.9. The van der Waals surface area contributed by atoms with E-state index in [1.807, 2.05) is 37.3 Å². The Balaban J connectivity index is 2.66. The molecule has 0 aliphatic heterocycles. The van der Waals surface area contributed by atoms with Crippen LogP contribution in [0.15, 0.2) is 41.8 Å². The fourth-order valence-corrected chi connectivity index (χ4v) is 1.64. The van der Waals surface area contributed by atoms with Gasteiger partial charge in [0.2, 0.25) is 5.88 Å². The maximum Gasteiger partial charge on any atom is 0.354 e. The van der Waals surface area contributed by atoms with E-state index in [4.69, 9.17) is 19.5 Å². The van der Waals surface area contributed by atoms with Gasteiger partial charge in [-0.15, -0.1) is 0 Å². The number of nitrogens with zero attached hydrogens (tertiary/aromatic N) is 1. The molecule has 1 aromatic carbocycles. The fourth-order valence-electron chi connectivity index (χ4n) is 1.64. The van der Waals surface area contributed by atoms with Crippen LogP contribution in [-0.2, 0) is 25.5 Å². The minimum Gasteiger partial charge on any atom is -0.481 e. The molecule has 1 rings (SSSR count). The number of hydrogen-bond acceptors (Lipinski definition) is 6. The summed E-state index contributed by atoms with van der Waals surface area (Å²) >= 11 is 0. The number of carbonyl (C=O) groups is 1. The summed E-state index contributed by atoms with van der Waals surface area (Å²) in [5.74, 6) is -0.646. The summed E-state index contributed by atoms with van der Waals surface area (Å²) in [5.41, 5.74) is 0.800. The lowest BCUT2D eigenvalue weighted by molar-refractivity contribution is -0.140. The molecule has 6 heteroatoms. The van der Waals surface area contributed by atoms with Crippen LogP contribution in [0.1, 0.15) is 12.5 Å². The Bertz CT molecular complexity index is 535. The minimum atomic E-state index is -0.736. The highest BCUT2D eigenvalue weighted by Gasteiger charge is 2.18. The number of hydrogen-bond donors (Lipinski definition) is 1. The summed E-state index contributed by atoms with van der Waals surface area (Å²) < 4.78 is 15.1. The van der Waals surface area contributed by atoms with Crippen molar-refractivity contribution in [1.29, 1.82) is 5.26 Å². The van der Waals surface area contributed by atoms with Crippen LogP contribution in [0.5, 0.6) is 0 Å². The van der Waals surface area contributed by atoms with Crippen molar-refractivity contribution < 1.29 is 19.0 Å². The van der Waals surface area contributed by atoms with Gasteiger partial charge in [0.25, 0.3) is 0 Å². The number of esters is 1. The Labute approximate surface area is 130 Å². The number of nitrogens with one attached hydrogen (secondary N) is 1. The molecule has 0 bridgehead atoms. The first-order chi connectivity index (χ1) is 10.7. The molecule has 0 amide bonds. The van der Waals surface area contributed by atoms with E-state index >= 15 is 0 Å². The molecular formula is C16H20N2O4. The van der Waals surface area contributed by atoms with Crippen LogP contribution < -0.4 is 5.32 Å². The van der Waals surface area contributed by atoms with Gasteiger partial charge in [-0.3, -0.25) is 0 Å². The lowest BCUT2D eigenvalue weighted by atomic mass is 10.2. The molecule has 1 N–H and O–H groups in total. The van der Waals surface area contributed by atoms with Crippen molar-refractivity contribution in [3.05, 3.63) is 47.4 Å². The Morgan fingerprint density at radius 2 is 2.00 bits per heavy atom. The Hall–Kier alpha value is -2.52. The summed E-state index contributed by atoms with van der Waals surface area (Å²) in [7, 11) is 1.39. The highest BCUT2D eigenvalue weighted by Crippen LogP contribution is 2.07. The van der Waals surface area contributed by atoms with Gasteiger partial charge >= 0.3 is 5.97 Å². The zero-order valence-corrected chi connectivity index (χ0v) is 12.8. The van der Waals surface area contributed by atoms with E-state index in [0.29, 0.717) is 19.8 Å². The number of nitriles is 1. The van der Waals surface area contributed by atoms with Gasteiger partial charge in [-0.05, 0) is 12.5 Å². The first-order valence-corrected chi connectivity index (χ1v) is 6.94. The van der Waals surface area contributed by atoms with Crippen LogP contribution in [0, 0.1) is 11.3 Å². The zero-order chi connectivity index (χ0) is 16.2. The lowest BCUT2D eigenvalue weighted by Crippen LogP contribution is -2.21. The molecule has 0 aliphatic rings. The summed E-state index contributed by atoms with van der Waals surface area (Å²) in [4.78, 5) is 11.9. The van der Waals surface area contributed by atoms with E-state index in [2.05, 4.69) is 5.32 Å². The van der Waals surface area contributed by atoms with Gasteiger partial charge in [-0.25, -0.2) is 4.79 Å². The van der Waals surface area contributed by atoms with Crippen molar-refractivity contribution in [3.8, 4) is 6.07 Å². The van der Waals surface area contributed by atoms with Gasteiger partial charge in [0, 0.05) is 13.2 Å². The molecule has 0 spiro atoms. The van der Waals surface area contributed by atoms with Crippen molar-refractivity contribution >= 4 is 5.97 Å². The molecule has 0 unspecified atom stereocenters. The van der Waals surface area contributed by atoms with E-state index in [1.54, 1.807) is 6.07 Å². The second kappa shape index (κ2) is 10.2. The van der Waals surface area contributed by atoms with E-state index in [9.17, 15) is 4.79 Å². The van der Waals surface area contributed by atoms with E-state index in [-0.39, 0.29) is 18.1 Å². The van der Waals surface area contributed by atoms with Crippen molar-refractivity contribution in [2.24, 2.45) is 0 Å². The highest BCUT2D eigenvalue weighted by atomic mass is 16.6. The first-order valence-electron chi connectivity index (χ1n) is 6.94. The van der Waals surface area contributed by atoms with Crippen LogP contribution in [0.25, 0.3) is 0 Å². The molecule has 0 fully saturated rings. The highest BCUT2D eigenvalue weighted by molar-refractivity contribution is 5.93. The molecule has 0 aliphatic carbocycles. The number of ether oxygens (including phenoxy) is 3. The first kappa shape index (κ1) is 17.5. The van der Waals surface area contributed by atoms with E-state index < -0.39 is 5.97 Å². The van der Waals surface area contributed by atoms with Crippen LogP contribution >= 0.6 is 0 Å². The fraction of sp³-hybridized carbons (Fsp3) is 0.375. The molecule has 22 heavy (non-hydrogen) atoms. The predicted octanol–water partition coefficient (Wildman–Crippen LogP) is 1.74. The normalized spacial score (nSPS) is 11.1. The third-order valence-electron chi connectivity index (χ3n) is 2.71. The van der Waals surface area contributed by atoms with E-state index in [1.165, 1.54) is 7.11 Å². The summed E-state index contributed by atoms with van der Waals surface area (Å²) in [6.07, 6.45) is 0. The van der Waals surface area contributed by atoms with Gasteiger partial charge in [0.05, 0.1) is 13.7 Å². The quantitative estimate of drug-likeness (QED) is 0.246. The number of methoxy groups -OCH3 is 1. The largest absolute Gasteiger partial charge is 0.481 e. The monoisotopic (exact) mass is 304 g/mol. The second-order valence-corrected chi connectivity index (χ2v) is 4.19. The topological polar surface area (TPSA) is 80.6 Å². The van der Waals surface area contributed by atoms with Crippen LogP contribution in [-0.4, -0.2) is 32.9 Å². The number of benzene rings is 1. The van der Waals surface area contributed by atoms with Crippen molar-refractivity contribution in [2.45, 2.75) is 13.5 Å². The average molecular weight is 304 g/mol. The third-order valence-corrected chi connectivity index (χ3v) is 2.71. The lowest BCUT2D eigenvalue weighted by Gasteiger charge is -2.12. The molecular weight excluding hydrogens is 284 g/mol. The van der Waals surface area contributed by atoms with Crippen LogP contribution in [0.4, 0.5) is 0 Å². The van der Waals surface area contributed by atoms with Gasteiger partial charge in [-0.1, -0.05) is 30.3 Å². The Morgan fingerprint density at radius 3 is 2.59 bits per heavy atom. The molecule has 1 aromatic rings. The molecule has 0 heterocycles. The maximum absolute atomic E-state index is 11.9. The Kier molecular flexibility index (Phi) is 8.16. The average Bonchev–Trinajstić information content (AvgIpc) is 2.56. The van der Waals surface area contributed by atoms with Crippen LogP contribution in [0.2, 0.25) is 0 Å². The van der Waals surface area contributed by atoms with E-state index in [0.717, 1.165) is 5.56 Å². The molecule has 6 nitrogen and oxygen atoms in total. The molecule has 0 saturated heterocycles. The Morgan fingerprint density at radius 1 is 1.27 bits per heavy atom. The van der Waals surface area contributed by atoms with Gasteiger partial charge in [0.1, 0.15) is 12.7 Å². The SMILES string of the molecule is CCOCCOC(=O)C(C#N)=C(NCc1ccccc1)OC. The smallest absolute Gasteiger partial charge is 0.354 e. The van der Waals surface area contributed by atoms with Crippen molar-refractivity contribution in [2.75, 3.05) is 26.9 Å². The predicted molar refractivity (Wildman–Crippen MR) is 80.4 cm³/mol. The van der Waals surface area contributed by atoms with Gasteiger partial charge < -0.3 is 19.5 Å². The van der Waals surface area contributed by atoms with Crippen LogP contribution in [0.3, 0.4) is 0 Å². The van der Waals surface area contributed by atoms with Gasteiger partial charge in [0.15, 0.2) is 5.57 Å². The third kappa shape index (κ3) is 5.85. The molecule has 118 valence electrons. The second-order valence-electron chi connectivity index (χ2n) is 4.19. The summed E-state index contributed by atoms with van der Waals surface area (Å²) in [5, 5.41) is 12.1. The number of rotatable bonds is 9.